The average Bonchev–Trinajstić information content (AvgIpc) is 3.27. The number of amides is 3. The van der Waals surface area contributed by atoms with Crippen molar-refractivity contribution in [1.82, 2.24) is 9.80 Å². The van der Waals surface area contributed by atoms with E-state index in [2.05, 4.69) is 10.6 Å². The zero-order valence-electron chi connectivity index (χ0n) is 24.0. The monoisotopic (exact) mass is 590 g/mol. The van der Waals surface area contributed by atoms with Crippen molar-refractivity contribution in [3.05, 3.63) is 82.9 Å². The van der Waals surface area contributed by atoms with Crippen LogP contribution in [-0.2, 0) is 32.1 Å². The van der Waals surface area contributed by atoms with E-state index in [1.54, 1.807) is 55.5 Å². The lowest BCUT2D eigenvalue weighted by atomic mass is 9.96. The first-order valence-corrected chi connectivity index (χ1v) is 13.4. The minimum Gasteiger partial charge on any atom is -0.497 e. The predicted octanol–water partition coefficient (Wildman–Crippen LogP) is 3.29. The SMILES string of the molecule is CCOC(=O)C[N+]1(CC(=O)NCc2cc(OC)cc(OC)c2)C(=O)Nc2c(C(=O)c3ccccc3)ccc(CC(=O)O)c21. The summed E-state index contributed by atoms with van der Waals surface area (Å²) in [7, 11) is 2.99. The van der Waals surface area contributed by atoms with E-state index in [1.807, 2.05) is 0 Å². The topological polar surface area (TPSA) is 157 Å². The number of fused-ring (bicyclic) bond motifs is 1. The van der Waals surface area contributed by atoms with Crippen molar-refractivity contribution in [1.29, 1.82) is 0 Å². The van der Waals surface area contributed by atoms with Gasteiger partial charge in [-0.3, -0.25) is 19.7 Å². The van der Waals surface area contributed by atoms with Crippen molar-refractivity contribution in [2.24, 2.45) is 0 Å². The lowest BCUT2D eigenvalue weighted by Gasteiger charge is -2.30. The van der Waals surface area contributed by atoms with E-state index in [9.17, 15) is 29.1 Å². The Kier molecular flexibility index (Phi) is 9.41. The molecule has 1 heterocycles. The van der Waals surface area contributed by atoms with Crippen molar-refractivity contribution in [2.45, 2.75) is 19.9 Å². The molecule has 3 N–H and O–H groups in total. The molecule has 3 amide bonds. The van der Waals surface area contributed by atoms with Crippen molar-refractivity contribution >= 4 is 41.0 Å². The number of ketones is 1. The van der Waals surface area contributed by atoms with Crippen LogP contribution in [0, 0.1) is 0 Å². The summed E-state index contributed by atoms with van der Waals surface area (Å²) >= 11 is 0. The van der Waals surface area contributed by atoms with Crippen LogP contribution in [0.1, 0.15) is 34.0 Å². The van der Waals surface area contributed by atoms with E-state index in [1.165, 1.54) is 26.4 Å². The summed E-state index contributed by atoms with van der Waals surface area (Å²) in [4.78, 5) is 65.5. The van der Waals surface area contributed by atoms with Crippen LogP contribution in [0.25, 0.3) is 0 Å². The maximum absolute atomic E-state index is 13.8. The number of carboxylic acids is 1. The molecule has 1 aliphatic heterocycles. The molecule has 12 nitrogen and oxygen atoms in total. The highest BCUT2D eigenvalue weighted by Crippen LogP contribution is 2.45. The van der Waals surface area contributed by atoms with Gasteiger partial charge in [-0.05, 0) is 30.7 Å². The highest BCUT2D eigenvalue weighted by molar-refractivity contribution is 6.21. The number of hydrogen-bond donors (Lipinski definition) is 3. The van der Waals surface area contributed by atoms with Gasteiger partial charge in [0.05, 0.1) is 32.8 Å². The Bertz CT molecular complexity index is 1550. The van der Waals surface area contributed by atoms with Gasteiger partial charge in [-0.1, -0.05) is 36.4 Å². The Morgan fingerprint density at radius 2 is 1.60 bits per heavy atom. The van der Waals surface area contributed by atoms with Gasteiger partial charge in [-0.15, -0.1) is 0 Å². The second kappa shape index (κ2) is 13.2. The second-order valence-corrected chi connectivity index (χ2v) is 9.78. The number of esters is 1. The number of urea groups is 1. The number of aliphatic carboxylic acids is 1. The zero-order chi connectivity index (χ0) is 31.1. The highest BCUT2D eigenvalue weighted by Gasteiger charge is 2.53. The molecule has 0 saturated heterocycles. The van der Waals surface area contributed by atoms with Crippen LogP contribution in [0.5, 0.6) is 11.5 Å². The number of quaternary nitrogens is 1. The molecule has 0 spiro atoms. The van der Waals surface area contributed by atoms with E-state index in [4.69, 9.17) is 14.2 Å². The number of hydrogen-bond acceptors (Lipinski definition) is 8. The third-order valence-corrected chi connectivity index (χ3v) is 6.95. The van der Waals surface area contributed by atoms with Gasteiger partial charge in [0, 0.05) is 23.7 Å². The molecule has 1 atom stereocenters. The fraction of sp³-hybridized carbons (Fsp3) is 0.258. The standard InChI is InChI=1S/C31H31N3O9/c1-4-43-27(38)18-34(17-25(35)32-16-19-12-22(41-2)15-23(13-19)42-3)29-21(14-26(36)37)10-11-24(28(29)33-31(34)40)30(39)20-8-6-5-7-9-20/h5-13,15H,4,14,16-18H2,1-3H3,(H2-,32,33,35,36,37,39,40)/p+1. The number of nitrogens with zero attached hydrogens (tertiary/aromatic N) is 1. The molecule has 4 rings (SSSR count). The molecule has 0 aliphatic carbocycles. The minimum atomic E-state index is -1.20. The molecule has 0 radical (unpaired) electrons. The number of anilines is 1. The average molecular weight is 591 g/mol. The molecular weight excluding hydrogens is 558 g/mol. The Labute approximate surface area is 247 Å². The second-order valence-electron chi connectivity index (χ2n) is 9.78. The summed E-state index contributed by atoms with van der Waals surface area (Å²) in [5.41, 5.74) is 1.35. The van der Waals surface area contributed by atoms with Crippen molar-refractivity contribution in [3.8, 4) is 11.5 Å². The molecule has 1 unspecified atom stereocenters. The third-order valence-electron chi connectivity index (χ3n) is 6.95. The van der Waals surface area contributed by atoms with Crippen LogP contribution >= 0.6 is 0 Å². The maximum Gasteiger partial charge on any atom is 0.427 e. The number of carbonyl (C=O) groups is 5. The summed E-state index contributed by atoms with van der Waals surface area (Å²) in [5.74, 6) is -2.00. The first-order chi connectivity index (χ1) is 20.6. The van der Waals surface area contributed by atoms with Gasteiger partial charge in [0.1, 0.15) is 17.2 Å². The van der Waals surface area contributed by atoms with Crippen LogP contribution in [-0.4, -0.2) is 68.7 Å². The third kappa shape index (κ3) is 6.65. The predicted molar refractivity (Wildman–Crippen MR) is 156 cm³/mol. The number of benzene rings is 3. The smallest absolute Gasteiger partial charge is 0.427 e. The van der Waals surface area contributed by atoms with E-state index < -0.39 is 53.7 Å². The molecular formula is C31H32N3O9+. The number of rotatable bonds is 13. The van der Waals surface area contributed by atoms with Gasteiger partial charge in [0.15, 0.2) is 24.6 Å². The lowest BCUT2D eigenvalue weighted by molar-refractivity contribution is -0.143. The molecule has 3 aromatic rings. The largest absolute Gasteiger partial charge is 0.497 e. The molecule has 0 fully saturated rings. The van der Waals surface area contributed by atoms with Gasteiger partial charge < -0.3 is 24.6 Å². The highest BCUT2D eigenvalue weighted by atomic mass is 16.5. The van der Waals surface area contributed by atoms with E-state index >= 15 is 0 Å². The summed E-state index contributed by atoms with van der Waals surface area (Å²) in [5, 5.41) is 15.1. The molecule has 224 valence electrons. The number of carboxylic acid groups (broad SMARTS) is 1. The van der Waals surface area contributed by atoms with Gasteiger partial charge in [0.2, 0.25) is 0 Å². The summed E-state index contributed by atoms with van der Waals surface area (Å²) in [6, 6.07) is 15.5. The molecule has 3 aromatic carbocycles. The molecule has 1 aliphatic rings. The van der Waals surface area contributed by atoms with Crippen LogP contribution in [0.3, 0.4) is 0 Å². The molecule has 0 bridgehead atoms. The first-order valence-electron chi connectivity index (χ1n) is 13.4. The van der Waals surface area contributed by atoms with Gasteiger partial charge in [0.25, 0.3) is 5.91 Å². The van der Waals surface area contributed by atoms with E-state index in [0.717, 1.165) is 0 Å². The van der Waals surface area contributed by atoms with Crippen LogP contribution < -0.4 is 24.6 Å². The number of ether oxygens (including phenoxy) is 3. The maximum atomic E-state index is 13.8. The van der Waals surface area contributed by atoms with Crippen molar-refractivity contribution < 1.29 is 43.3 Å². The lowest BCUT2D eigenvalue weighted by Crippen LogP contribution is -2.60. The fourth-order valence-corrected chi connectivity index (χ4v) is 5.06. The molecule has 0 saturated carbocycles. The summed E-state index contributed by atoms with van der Waals surface area (Å²) in [6.45, 7) is 0.472. The minimum absolute atomic E-state index is 0.0195. The Balaban J connectivity index is 1.78. The number of carbonyl (C=O) groups excluding carboxylic acids is 4. The molecule has 0 aromatic heterocycles. The van der Waals surface area contributed by atoms with Gasteiger partial charge >= 0.3 is 18.0 Å². The molecule has 43 heavy (non-hydrogen) atoms. The van der Waals surface area contributed by atoms with E-state index in [-0.39, 0.29) is 35.7 Å². The van der Waals surface area contributed by atoms with Crippen LogP contribution in [0.4, 0.5) is 16.2 Å². The normalized spacial score (nSPS) is 15.2. The zero-order valence-corrected chi connectivity index (χ0v) is 24.0. The van der Waals surface area contributed by atoms with E-state index in [0.29, 0.717) is 22.6 Å². The Morgan fingerprint density at radius 1 is 0.930 bits per heavy atom. The van der Waals surface area contributed by atoms with Crippen molar-refractivity contribution in [3.63, 3.8) is 0 Å². The first kappa shape index (κ1) is 30.7. The van der Waals surface area contributed by atoms with Crippen molar-refractivity contribution in [2.75, 3.05) is 39.2 Å². The van der Waals surface area contributed by atoms with Crippen LogP contribution in [0.15, 0.2) is 60.7 Å². The quantitative estimate of drug-likeness (QED) is 0.154. The number of nitrogens with one attached hydrogen (secondary N) is 2. The Morgan fingerprint density at radius 3 is 2.21 bits per heavy atom. The summed E-state index contributed by atoms with van der Waals surface area (Å²) < 4.78 is 14.8. The molecule has 12 heteroatoms. The number of methoxy groups -OCH3 is 2. The van der Waals surface area contributed by atoms with Gasteiger partial charge in [-0.25, -0.2) is 9.59 Å². The van der Waals surface area contributed by atoms with Gasteiger partial charge in [-0.2, -0.15) is 4.48 Å². The van der Waals surface area contributed by atoms with Crippen LogP contribution in [0.2, 0.25) is 0 Å². The summed E-state index contributed by atoms with van der Waals surface area (Å²) in [6.07, 6.45) is -0.523. The fourth-order valence-electron chi connectivity index (χ4n) is 5.06. The Hall–Kier alpha value is -5.23.